The molecule has 8 nitrogen and oxygen atoms in total. The molecule has 34 heavy (non-hydrogen) atoms. The fourth-order valence-corrected chi connectivity index (χ4v) is 4.54. The summed E-state index contributed by atoms with van der Waals surface area (Å²) in [7, 11) is 0. The number of benzene rings is 2. The number of fused-ring (bicyclic) bond motifs is 1. The van der Waals surface area contributed by atoms with E-state index in [1.165, 1.54) is 24.3 Å². The number of hydrogen-bond acceptors (Lipinski definition) is 6. The van der Waals surface area contributed by atoms with Crippen LogP contribution in [0.5, 0.6) is 0 Å². The highest BCUT2D eigenvalue weighted by atomic mass is 32.2. The summed E-state index contributed by atoms with van der Waals surface area (Å²) in [6.45, 7) is 0.501. The van der Waals surface area contributed by atoms with Crippen molar-refractivity contribution in [3.8, 4) is 0 Å². The Kier molecular flexibility index (Phi) is 6.82. The van der Waals surface area contributed by atoms with Crippen LogP contribution in [0.3, 0.4) is 0 Å². The number of nitrogens with one attached hydrogen (secondary N) is 3. The Morgan fingerprint density at radius 3 is 2.59 bits per heavy atom. The zero-order valence-corrected chi connectivity index (χ0v) is 18.5. The van der Waals surface area contributed by atoms with E-state index in [4.69, 9.17) is 0 Å². The molecule has 2 aromatic carbocycles. The second kappa shape index (κ2) is 9.65. The van der Waals surface area contributed by atoms with Crippen molar-refractivity contribution in [3.05, 3.63) is 59.2 Å². The summed E-state index contributed by atoms with van der Waals surface area (Å²) < 4.78 is 37.2. The van der Waals surface area contributed by atoms with Gasteiger partial charge in [0.25, 0.3) is 0 Å². The van der Waals surface area contributed by atoms with Gasteiger partial charge >= 0.3 is 11.5 Å². The number of thioether (sulfide) groups is 1. The molecule has 2 aromatic rings. The molecule has 4 rings (SSSR count). The highest BCUT2D eigenvalue weighted by molar-refractivity contribution is 8.00. The van der Waals surface area contributed by atoms with Crippen LogP contribution in [-0.4, -0.2) is 39.4 Å². The van der Waals surface area contributed by atoms with Gasteiger partial charge in [0.1, 0.15) is 6.23 Å². The first kappa shape index (κ1) is 24.0. The Morgan fingerprint density at radius 2 is 1.91 bits per heavy atom. The number of amides is 4. The molecule has 4 amide bonds. The largest absolute Gasteiger partial charge is 0.446 e. The minimum atomic E-state index is -4.38. The Labute approximate surface area is 196 Å². The smallest absolute Gasteiger partial charge is 0.374 e. The van der Waals surface area contributed by atoms with Crippen molar-refractivity contribution >= 4 is 35.3 Å². The van der Waals surface area contributed by atoms with Gasteiger partial charge in [0.2, 0.25) is 11.8 Å². The quantitative estimate of drug-likeness (QED) is 0.375. The number of aliphatic hydroxyl groups excluding tert-OH is 1. The fraction of sp³-hybridized carbons (Fsp3) is 0.318. The predicted molar refractivity (Wildman–Crippen MR) is 117 cm³/mol. The van der Waals surface area contributed by atoms with E-state index < -0.39 is 29.7 Å². The maximum atomic E-state index is 12.4. The van der Waals surface area contributed by atoms with Crippen molar-refractivity contribution in [1.82, 2.24) is 15.5 Å². The molecule has 12 heteroatoms. The van der Waals surface area contributed by atoms with Gasteiger partial charge in [-0.25, -0.2) is 4.79 Å². The van der Waals surface area contributed by atoms with E-state index in [0.717, 1.165) is 11.1 Å². The van der Waals surface area contributed by atoms with Gasteiger partial charge in [0, 0.05) is 30.1 Å². The molecule has 0 spiro atoms. The molecule has 0 bridgehead atoms. The topological polar surface area (TPSA) is 111 Å². The Balaban J connectivity index is 1.32. The van der Waals surface area contributed by atoms with Gasteiger partial charge in [0.05, 0.1) is 6.04 Å². The molecule has 2 heterocycles. The lowest BCUT2D eigenvalue weighted by molar-refractivity contribution is -0.141. The second-order valence-electron chi connectivity index (χ2n) is 7.93. The van der Waals surface area contributed by atoms with Crippen molar-refractivity contribution in [2.24, 2.45) is 0 Å². The number of hydrogen-bond donors (Lipinski definition) is 4. The lowest BCUT2D eigenvalue weighted by Crippen LogP contribution is -2.51. The molecule has 2 aliphatic heterocycles. The van der Waals surface area contributed by atoms with E-state index in [1.807, 2.05) is 6.07 Å². The third-order valence-corrected chi connectivity index (χ3v) is 6.30. The number of piperidine rings is 1. The number of nitrogens with zero attached hydrogens (tertiary/aromatic N) is 1. The van der Waals surface area contributed by atoms with E-state index in [-0.39, 0.29) is 35.5 Å². The minimum absolute atomic E-state index is 0.0186. The monoisotopic (exact) mass is 494 g/mol. The third kappa shape index (κ3) is 5.69. The molecule has 180 valence electrons. The van der Waals surface area contributed by atoms with Gasteiger partial charge < -0.3 is 15.7 Å². The Hall–Kier alpha value is -3.09. The summed E-state index contributed by atoms with van der Waals surface area (Å²) >= 11 is -0.232. The van der Waals surface area contributed by atoms with E-state index in [9.17, 15) is 32.7 Å². The standard InChI is InChI=1S/C22H21F3N4O4S/c23-22(24,25)34-15-4-2-14(3-5-15)27-21(33)26-10-12-1-6-16-13(9-12)11-29(20(16)32)17-7-8-18(30)28-19(17)31/h1-6,9,17,20,32H,7-8,10-11H2,(H2,26,27,33)(H,28,30,31). The Bertz CT molecular complexity index is 1110. The summed E-state index contributed by atoms with van der Waals surface area (Å²) in [5.41, 5.74) is -1.79. The van der Waals surface area contributed by atoms with Crippen molar-refractivity contribution in [2.45, 2.75) is 48.6 Å². The normalized spacial score (nSPS) is 20.6. The molecule has 1 fully saturated rings. The van der Waals surface area contributed by atoms with Gasteiger partial charge in [-0.1, -0.05) is 18.2 Å². The Morgan fingerprint density at radius 1 is 1.18 bits per heavy atom. The second-order valence-corrected chi connectivity index (χ2v) is 9.06. The number of rotatable bonds is 5. The average Bonchev–Trinajstić information content (AvgIpc) is 3.08. The lowest BCUT2D eigenvalue weighted by atomic mass is 10.0. The van der Waals surface area contributed by atoms with Crippen LogP contribution in [0.15, 0.2) is 47.4 Å². The highest BCUT2D eigenvalue weighted by Crippen LogP contribution is 2.37. The first-order valence-electron chi connectivity index (χ1n) is 10.4. The van der Waals surface area contributed by atoms with Crippen LogP contribution in [0, 0.1) is 0 Å². The van der Waals surface area contributed by atoms with E-state index in [1.54, 1.807) is 17.0 Å². The van der Waals surface area contributed by atoms with E-state index in [2.05, 4.69) is 16.0 Å². The average molecular weight is 494 g/mol. The molecule has 2 unspecified atom stereocenters. The summed E-state index contributed by atoms with van der Waals surface area (Å²) in [6.07, 6.45) is -0.424. The molecule has 2 aliphatic rings. The number of aliphatic hydroxyl groups is 1. The van der Waals surface area contributed by atoms with Crippen molar-refractivity contribution in [2.75, 3.05) is 5.32 Å². The zero-order chi connectivity index (χ0) is 24.5. The van der Waals surface area contributed by atoms with Gasteiger partial charge in [-0.2, -0.15) is 13.2 Å². The number of carbonyl (C=O) groups excluding carboxylic acids is 3. The summed E-state index contributed by atoms with van der Waals surface area (Å²) in [6, 6.07) is 9.49. The molecule has 0 aromatic heterocycles. The predicted octanol–water partition coefficient (Wildman–Crippen LogP) is 3.23. The van der Waals surface area contributed by atoms with Crippen LogP contribution in [-0.2, 0) is 22.7 Å². The summed E-state index contributed by atoms with van der Waals surface area (Å²) in [5.74, 6) is -0.748. The molecule has 0 saturated carbocycles. The fourth-order valence-electron chi connectivity index (χ4n) is 4.00. The number of imide groups is 1. The minimum Gasteiger partial charge on any atom is -0.374 e. The van der Waals surface area contributed by atoms with Crippen LogP contribution in [0.2, 0.25) is 0 Å². The van der Waals surface area contributed by atoms with Gasteiger partial charge in [-0.3, -0.25) is 19.8 Å². The number of halogens is 3. The molecule has 0 aliphatic carbocycles. The first-order valence-corrected chi connectivity index (χ1v) is 11.2. The van der Waals surface area contributed by atoms with Crippen LogP contribution in [0.4, 0.5) is 23.7 Å². The van der Waals surface area contributed by atoms with Crippen LogP contribution in [0.1, 0.15) is 35.8 Å². The van der Waals surface area contributed by atoms with Crippen LogP contribution in [0.25, 0.3) is 0 Å². The summed E-state index contributed by atoms with van der Waals surface area (Å²) in [5, 5.41) is 18.2. The maximum Gasteiger partial charge on any atom is 0.446 e. The SMILES string of the molecule is O=C1CCC(N2Cc3cc(CNC(=O)Nc4ccc(SC(F)(F)F)cc4)ccc3C2O)C(=O)N1. The molecule has 1 saturated heterocycles. The van der Waals surface area contributed by atoms with Gasteiger partial charge in [0.15, 0.2) is 0 Å². The van der Waals surface area contributed by atoms with E-state index >= 15 is 0 Å². The molecule has 2 atom stereocenters. The number of anilines is 1. The van der Waals surface area contributed by atoms with Crippen molar-refractivity contribution in [1.29, 1.82) is 0 Å². The first-order chi connectivity index (χ1) is 16.1. The van der Waals surface area contributed by atoms with Gasteiger partial charge in [-0.15, -0.1) is 0 Å². The number of carbonyl (C=O) groups is 3. The van der Waals surface area contributed by atoms with Crippen molar-refractivity contribution < 1.29 is 32.7 Å². The molecular weight excluding hydrogens is 473 g/mol. The van der Waals surface area contributed by atoms with Gasteiger partial charge in [-0.05, 0) is 59.1 Å². The maximum absolute atomic E-state index is 12.4. The van der Waals surface area contributed by atoms with E-state index in [0.29, 0.717) is 24.2 Å². The van der Waals surface area contributed by atoms with Crippen LogP contribution >= 0.6 is 11.8 Å². The summed E-state index contributed by atoms with van der Waals surface area (Å²) in [4.78, 5) is 37.4. The molecular formula is C22H21F3N4O4S. The molecule has 0 radical (unpaired) electrons. The highest BCUT2D eigenvalue weighted by Gasteiger charge is 2.39. The number of alkyl halides is 3. The lowest BCUT2D eigenvalue weighted by Gasteiger charge is -2.31. The van der Waals surface area contributed by atoms with Crippen molar-refractivity contribution in [3.63, 3.8) is 0 Å². The van der Waals surface area contributed by atoms with Crippen LogP contribution < -0.4 is 16.0 Å². The zero-order valence-electron chi connectivity index (χ0n) is 17.7. The molecule has 4 N–H and O–H groups in total. The third-order valence-electron chi connectivity index (χ3n) is 5.56. The number of urea groups is 1.